The maximum Gasteiger partial charge on any atom is 0.130 e. The van der Waals surface area contributed by atoms with Gasteiger partial charge in [-0.25, -0.2) is 0 Å². The molecule has 1 heterocycles. The zero-order chi connectivity index (χ0) is 9.30. The van der Waals surface area contributed by atoms with E-state index in [9.17, 15) is 0 Å². The maximum absolute atomic E-state index is 6.13. The Kier molecular flexibility index (Phi) is 2.78. The Morgan fingerprint density at radius 1 is 1.50 bits per heavy atom. The number of halogens is 1. The van der Waals surface area contributed by atoms with Gasteiger partial charge in [0.2, 0.25) is 0 Å². The molecular weight excluding hydrogens is 172 g/mol. The first kappa shape index (κ1) is 9.59. The zero-order valence-electron chi connectivity index (χ0n) is 8.06. The van der Waals surface area contributed by atoms with E-state index in [-0.39, 0.29) is 0 Å². The van der Waals surface area contributed by atoms with Crippen molar-refractivity contribution in [3.05, 3.63) is 16.4 Å². The first-order chi connectivity index (χ1) is 5.57. The van der Waals surface area contributed by atoms with E-state index in [1.807, 2.05) is 11.6 Å². The summed E-state index contributed by atoms with van der Waals surface area (Å²) in [6.07, 6.45) is 0.956. The van der Waals surface area contributed by atoms with Crippen molar-refractivity contribution < 1.29 is 0 Å². The summed E-state index contributed by atoms with van der Waals surface area (Å²) in [6.45, 7) is 8.26. The molecule has 0 radical (unpaired) electrons. The highest BCUT2D eigenvalue weighted by atomic mass is 35.5. The molecule has 0 aliphatic heterocycles. The highest BCUT2D eigenvalue weighted by Gasteiger charge is 2.12. The molecular formula is C9H15ClN2. The standard InChI is InChI=1S/C9H15ClN2/c1-5-8-7(4)11-12(6(2)3)9(8)10/h6H,5H2,1-4H3. The number of hydrogen-bond acceptors (Lipinski definition) is 1. The Bertz CT molecular complexity index is 276. The van der Waals surface area contributed by atoms with Crippen molar-refractivity contribution in [1.29, 1.82) is 0 Å². The highest BCUT2D eigenvalue weighted by molar-refractivity contribution is 6.30. The number of nitrogens with zero attached hydrogens (tertiary/aromatic N) is 2. The first-order valence-electron chi connectivity index (χ1n) is 4.31. The van der Waals surface area contributed by atoms with Crippen molar-refractivity contribution in [2.45, 2.75) is 40.2 Å². The number of rotatable bonds is 2. The molecule has 3 heteroatoms. The number of aromatic nitrogens is 2. The first-order valence-corrected chi connectivity index (χ1v) is 4.69. The molecule has 68 valence electrons. The second kappa shape index (κ2) is 3.48. The van der Waals surface area contributed by atoms with Gasteiger partial charge in [0.15, 0.2) is 0 Å². The quantitative estimate of drug-likeness (QED) is 0.695. The van der Waals surface area contributed by atoms with Crippen molar-refractivity contribution in [2.24, 2.45) is 0 Å². The lowest BCUT2D eigenvalue weighted by Crippen LogP contribution is -2.02. The van der Waals surface area contributed by atoms with Crippen molar-refractivity contribution in [3.8, 4) is 0 Å². The molecule has 1 aromatic heterocycles. The van der Waals surface area contributed by atoms with Gasteiger partial charge in [0.25, 0.3) is 0 Å². The van der Waals surface area contributed by atoms with Gasteiger partial charge in [0, 0.05) is 11.6 Å². The SMILES string of the molecule is CCc1c(C)nn(C(C)C)c1Cl. The molecule has 0 N–H and O–H groups in total. The molecule has 0 aliphatic carbocycles. The molecule has 0 bridgehead atoms. The smallest absolute Gasteiger partial charge is 0.130 e. The van der Waals surface area contributed by atoms with Gasteiger partial charge in [-0.05, 0) is 27.2 Å². The largest absolute Gasteiger partial charge is 0.251 e. The van der Waals surface area contributed by atoms with Gasteiger partial charge in [-0.1, -0.05) is 18.5 Å². The minimum atomic E-state index is 0.344. The summed E-state index contributed by atoms with van der Waals surface area (Å²) in [7, 11) is 0. The second-order valence-corrected chi connectivity index (χ2v) is 3.60. The van der Waals surface area contributed by atoms with Crippen molar-refractivity contribution >= 4 is 11.6 Å². The Balaban J connectivity index is 3.17. The topological polar surface area (TPSA) is 17.8 Å². The van der Waals surface area contributed by atoms with E-state index in [2.05, 4.69) is 25.9 Å². The van der Waals surface area contributed by atoms with Gasteiger partial charge in [0.1, 0.15) is 5.15 Å². The lowest BCUT2D eigenvalue weighted by Gasteiger charge is -2.06. The van der Waals surface area contributed by atoms with Crippen LogP contribution in [0, 0.1) is 6.92 Å². The summed E-state index contributed by atoms with van der Waals surface area (Å²) >= 11 is 6.13. The van der Waals surface area contributed by atoms with Crippen LogP contribution in [-0.4, -0.2) is 9.78 Å². The van der Waals surface area contributed by atoms with Crippen molar-refractivity contribution in [2.75, 3.05) is 0 Å². The van der Waals surface area contributed by atoms with Crippen LogP contribution >= 0.6 is 11.6 Å². The van der Waals surface area contributed by atoms with E-state index in [1.54, 1.807) is 0 Å². The molecule has 1 aromatic rings. The van der Waals surface area contributed by atoms with Crippen LogP contribution in [-0.2, 0) is 6.42 Å². The average molecular weight is 187 g/mol. The molecule has 12 heavy (non-hydrogen) atoms. The highest BCUT2D eigenvalue weighted by Crippen LogP contribution is 2.22. The van der Waals surface area contributed by atoms with Crippen LogP contribution in [0.2, 0.25) is 5.15 Å². The minimum Gasteiger partial charge on any atom is -0.251 e. The molecule has 0 amide bonds. The molecule has 1 rings (SSSR count). The Labute approximate surface area is 78.5 Å². The van der Waals surface area contributed by atoms with Gasteiger partial charge < -0.3 is 0 Å². The molecule has 0 saturated heterocycles. The third-order valence-electron chi connectivity index (χ3n) is 1.99. The van der Waals surface area contributed by atoms with Crippen LogP contribution in [0.15, 0.2) is 0 Å². The lowest BCUT2D eigenvalue weighted by molar-refractivity contribution is 0.530. The van der Waals surface area contributed by atoms with Gasteiger partial charge in [-0.15, -0.1) is 0 Å². The Morgan fingerprint density at radius 2 is 2.08 bits per heavy atom. The number of aryl methyl sites for hydroxylation is 1. The van der Waals surface area contributed by atoms with Gasteiger partial charge in [-0.2, -0.15) is 5.10 Å². The van der Waals surface area contributed by atoms with E-state index in [0.717, 1.165) is 17.3 Å². The van der Waals surface area contributed by atoms with Crippen LogP contribution < -0.4 is 0 Å². The molecule has 0 spiro atoms. The van der Waals surface area contributed by atoms with Gasteiger partial charge in [0.05, 0.1) is 5.69 Å². The summed E-state index contributed by atoms with van der Waals surface area (Å²) < 4.78 is 1.87. The predicted molar refractivity (Wildman–Crippen MR) is 51.7 cm³/mol. The second-order valence-electron chi connectivity index (χ2n) is 3.25. The molecule has 0 aliphatic rings. The van der Waals surface area contributed by atoms with Gasteiger partial charge >= 0.3 is 0 Å². The predicted octanol–water partition coefficient (Wildman–Crippen LogP) is 2.99. The third-order valence-corrected chi connectivity index (χ3v) is 2.39. The van der Waals surface area contributed by atoms with Crippen LogP contribution in [0.3, 0.4) is 0 Å². The molecule has 0 saturated carbocycles. The van der Waals surface area contributed by atoms with Crippen LogP contribution in [0.25, 0.3) is 0 Å². The monoisotopic (exact) mass is 186 g/mol. The summed E-state index contributed by atoms with van der Waals surface area (Å²) in [5.41, 5.74) is 2.22. The molecule has 0 fully saturated rings. The van der Waals surface area contributed by atoms with Crippen LogP contribution in [0.1, 0.15) is 38.1 Å². The fraction of sp³-hybridized carbons (Fsp3) is 0.667. The van der Waals surface area contributed by atoms with E-state index < -0.39 is 0 Å². The zero-order valence-corrected chi connectivity index (χ0v) is 8.81. The normalized spacial score (nSPS) is 11.2. The van der Waals surface area contributed by atoms with E-state index in [1.165, 1.54) is 5.56 Å². The molecule has 0 atom stereocenters. The third kappa shape index (κ3) is 1.48. The van der Waals surface area contributed by atoms with Crippen LogP contribution in [0.4, 0.5) is 0 Å². The summed E-state index contributed by atoms with van der Waals surface area (Å²) in [5, 5.41) is 5.16. The van der Waals surface area contributed by atoms with Crippen LogP contribution in [0.5, 0.6) is 0 Å². The van der Waals surface area contributed by atoms with Crippen molar-refractivity contribution in [3.63, 3.8) is 0 Å². The fourth-order valence-corrected chi connectivity index (χ4v) is 1.80. The fourth-order valence-electron chi connectivity index (χ4n) is 1.30. The Hall–Kier alpha value is -0.500. The van der Waals surface area contributed by atoms with Gasteiger partial charge in [-0.3, -0.25) is 4.68 Å². The Morgan fingerprint density at radius 3 is 2.33 bits per heavy atom. The maximum atomic E-state index is 6.13. The van der Waals surface area contributed by atoms with E-state index in [4.69, 9.17) is 11.6 Å². The average Bonchev–Trinajstić information content (AvgIpc) is 2.27. The summed E-state index contributed by atoms with van der Waals surface area (Å²) in [5.74, 6) is 0. The van der Waals surface area contributed by atoms with E-state index in [0.29, 0.717) is 6.04 Å². The van der Waals surface area contributed by atoms with E-state index >= 15 is 0 Å². The minimum absolute atomic E-state index is 0.344. The molecule has 0 unspecified atom stereocenters. The molecule has 0 aromatic carbocycles. The lowest BCUT2D eigenvalue weighted by atomic mass is 10.2. The number of hydrogen-bond donors (Lipinski definition) is 0. The molecule has 2 nitrogen and oxygen atoms in total. The van der Waals surface area contributed by atoms with Crippen molar-refractivity contribution in [1.82, 2.24) is 9.78 Å². The summed E-state index contributed by atoms with van der Waals surface area (Å²) in [4.78, 5) is 0. The summed E-state index contributed by atoms with van der Waals surface area (Å²) in [6, 6.07) is 0.344.